The van der Waals surface area contributed by atoms with Crippen molar-refractivity contribution in [2.75, 3.05) is 13.2 Å². The van der Waals surface area contributed by atoms with E-state index in [0.717, 1.165) is 25.7 Å². The highest BCUT2D eigenvalue weighted by Gasteiger charge is 2.70. The van der Waals surface area contributed by atoms with Crippen molar-refractivity contribution >= 4 is 0 Å². The minimum atomic E-state index is -1.58. The fraction of sp³-hybridized carbons (Fsp3) is 0.952. The summed E-state index contributed by atoms with van der Waals surface area (Å²) in [5.41, 5.74) is -1.23. The van der Waals surface area contributed by atoms with Crippen molar-refractivity contribution in [2.24, 2.45) is 45.3 Å². The number of aliphatic hydroxyl groups excluding tert-OH is 9. The molecule has 20 atom stereocenters. The third kappa shape index (κ3) is 7.16. The van der Waals surface area contributed by atoms with Gasteiger partial charge in [0, 0.05) is 10.8 Å². The Morgan fingerprint density at radius 3 is 1.91 bits per heavy atom. The fourth-order valence-electron chi connectivity index (χ4n) is 12.8. The van der Waals surface area contributed by atoms with Gasteiger partial charge in [0.15, 0.2) is 12.6 Å². The van der Waals surface area contributed by atoms with E-state index in [-0.39, 0.29) is 40.6 Å². The van der Waals surface area contributed by atoms with Crippen molar-refractivity contribution < 1.29 is 70.0 Å². The maximum Gasteiger partial charge on any atom is 0.187 e. The molecular formula is C42H72O14. The third-order valence-corrected chi connectivity index (χ3v) is 16.6. The molecule has 2 saturated heterocycles. The van der Waals surface area contributed by atoms with Gasteiger partial charge in [0.2, 0.25) is 0 Å². The predicted molar refractivity (Wildman–Crippen MR) is 202 cm³/mol. The van der Waals surface area contributed by atoms with Gasteiger partial charge in [0.25, 0.3) is 0 Å². The van der Waals surface area contributed by atoms with Crippen LogP contribution in [0.5, 0.6) is 0 Å². The Bertz CT molecular complexity index is 1400. The topological polar surface area (TPSA) is 239 Å². The first-order valence-corrected chi connectivity index (χ1v) is 21.0. The zero-order valence-corrected chi connectivity index (χ0v) is 34.6. The summed E-state index contributed by atoms with van der Waals surface area (Å²) in [7, 11) is 0. The van der Waals surface area contributed by atoms with Crippen LogP contribution in [0.4, 0.5) is 0 Å². The molecule has 2 heterocycles. The molecule has 5 fully saturated rings. The van der Waals surface area contributed by atoms with Crippen LogP contribution in [0.25, 0.3) is 0 Å². The van der Waals surface area contributed by atoms with Crippen molar-refractivity contribution in [3.05, 3.63) is 11.6 Å². The summed E-state index contributed by atoms with van der Waals surface area (Å²) in [6.07, 6.45) is -7.19. The highest BCUT2D eigenvalue weighted by atomic mass is 16.7. The molecule has 0 bridgehead atoms. The summed E-state index contributed by atoms with van der Waals surface area (Å²) in [6, 6.07) is 0. The van der Waals surface area contributed by atoms with E-state index in [0.29, 0.717) is 25.7 Å². The zero-order valence-electron chi connectivity index (χ0n) is 34.6. The highest BCUT2D eigenvalue weighted by Crippen LogP contribution is 2.75. The quantitative estimate of drug-likeness (QED) is 0.132. The second kappa shape index (κ2) is 15.9. The summed E-state index contributed by atoms with van der Waals surface area (Å²) in [4.78, 5) is 0. The third-order valence-electron chi connectivity index (χ3n) is 16.6. The normalized spacial score (nSPS) is 50.3. The van der Waals surface area contributed by atoms with Crippen molar-refractivity contribution in [1.29, 1.82) is 0 Å². The smallest absolute Gasteiger partial charge is 0.187 e. The molecule has 0 unspecified atom stereocenters. The minimum Gasteiger partial charge on any atom is -0.394 e. The first-order valence-electron chi connectivity index (χ1n) is 21.0. The SMILES string of the molecule is C[C@H](CC[C@H](O[C@@H]1O[C@H](CO)[C@@H](O)[C@H](O)[C@H]1O)C(C)(C)O)[C@H]1CC[C@@]2(C)[C@H]3CC=C4[C@@H](CC[C@H](O[C@@H]5O[C@H](CO)[C@@H](O)[C@H](O)[C@H]5O)C4(C)C)[C@]3(C)[C@H](O)C[C@]12C. The summed E-state index contributed by atoms with van der Waals surface area (Å²) in [5.74, 6) is 0.800. The summed E-state index contributed by atoms with van der Waals surface area (Å²) < 4.78 is 23.9. The Labute approximate surface area is 331 Å². The van der Waals surface area contributed by atoms with Crippen LogP contribution < -0.4 is 0 Å². The molecule has 2 aliphatic heterocycles. The molecule has 3 saturated carbocycles. The lowest BCUT2D eigenvalue weighted by atomic mass is 9.38. The van der Waals surface area contributed by atoms with E-state index in [4.69, 9.17) is 18.9 Å². The number of rotatable bonds is 11. The fourth-order valence-corrected chi connectivity index (χ4v) is 12.8. The van der Waals surface area contributed by atoms with Crippen molar-refractivity contribution in [2.45, 2.75) is 192 Å². The molecule has 14 nitrogen and oxygen atoms in total. The minimum absolute atomic E-state index is 0.0712. The molecule has 4 aliphatic carbocycles. The van der Waals surface area contributed by atoms with Crippen LogP contribution in [0.3, 0.4) is 0 Å². The lowest BCUT2D eigenvalue weighted by Gasteiger charge is -2.67. The average molecular weight is 801 g/mol. The Morgan fingerprint density at radius 1 is 0.768 bits per heavy atom. The maximum absolute atomic E-state index is 12.5. The van der Waals surface area contributed by atoms with Gasteiger partial charge in [-0.3, -0.25) is 0 Å². The van der Waals surface area contributed by atoms with Gasteiger partial charge in [-0.05, 0) is 99.7 Å². The highest BCUT2D eigenvalue weighted by molar-refractivity contribution is 5.32. The lowest BCUT2D eigenvalue weighted by Crippen LogP contribution is -2.65. The van der Waals surface area contributed by atoms with Gasteiger partial charge in [0.05, 0.1) is 37.1 Å². The van der Waals surface area contributed by atoms with Gasteiger partial charge in [-0.25, -0.2) is 0 Å². The van der Waals surface area contributed by atoms with Crippen molar-refractivity contribution in [1.82, 2.24) is 0 Å². The molecule has 0 aromatic heterocycles. The lowest BCUT2D eigenvalue weighted by molar-refractivity contribution is -0.322. The van der Waals surface area contributed by atoms with E-state index in [2.05, 4.69) is 47.6 Å². The molecule has 14 heteroatoms. The van der Waals surface area contributed by atoms with Gasteiger partial charge in [0.1, 0.15) is 48.8 Å². The average Bonchev–Trinajstić information content (AvgIpc) is 3.40. The van der Waals surface area contributed by atoms with Gasteiger partial charge in [-0.1, -0.05) is 53.2 Å². The summed E-state index contributed by atoms with van der Waals surface area (Å²) in [6.45, 7) is 15.7. The van der Waals surface area contributed by atoms with Crippen LogP contribution in [0, 0.1) is 45.3 Å². The Morgan fingerprint density at radius 2 is 1.34 bits per heavy atom. The largest absolute Gasteiger partial charge is 0.394 e. The number of allylic oxidation sites excluding steroid dienone is 1. The molecule has 0 aromatic carbocycles. The van der Waals surface area contributed by atoms with Crippen LogP contribution in [0.15, 0.2) is 11.6 Å². The Balaban J connectivity index is 1.17. The summed E-state index contributed by atoms with van der Waals surface area (Å²) >= 11 is 0. The monoisotopic (exact) mass is 800 g/mol. The van der Waals surface area contributed by atoms with Crippen LogP contribution in [-0.2, 0) is 18.9 Å². The molecule has 6 aliphatic rings. The number of ether oxygens (including phenoxy) is 4. The molecule has 0 amide bonds. The van der Waals surface area contributed by atoms with Gasteiger partial charge >= 0.3 is 0 Å². The van der Waals surface area contributed by atoms with E-state index >= 15 is 0 Å². The molecule has 0 radical (unpaired) electrons. The maximum atomic E-state index is 12.5. The molecular weight excluding hydrogens is 728 g/mol. The number of hydrogen-bond acceptors (Lipinski definition) is 14. The molecule has 10 N–H and O–H groups in total. The van der Waals surface area contributed by atoms with Crippen LogP contribution in [0.1, 0.15) is 107 Å². The molecule has 56 heavy (non-hydrogen) atoms. The Hall–Kier alpha value is -0.820. The number of hydrogen-bond donors (Lipinski definition) is 10. The number of aliphatic hydroxyl groups is 10. The second-order valence-electron chi connectivity index (χ2n) is 20.2. The zero-order chi connectivity index (χ0) is 41.5. The van der Waals surface area contributed by atoms with E-state index in [1.165, 1.54) is 5.57 Å². The van der Waals surface area contributed by atoms with Gasteiger partial charge < -0.3 is 70.0 Å². The standard InChI is InChI=1S/C42H72O14/c1-20(9-13-29(39(4,5)52)56-37-35(51)33(49)31(47)25(19-44)54-37)21-15-16-40(6)26-12-10-22-23(42(26,8)27(45)17-41(21,40)7)11-14-28(38(22,2)3)55-36-34(50)32(48)30(46)24(18-43)53-36/h10,20-21,23-37,43-52H,9,11-19H2,1-8H3/t20-,21-,23-,24-,25-,26-,27-,28+,29+,30-,31-,32+,33+,34-,35-,36+,37+,40+,41-,42+/m1/s1. The van der Waals surface area contributed by atoms with E-state index in [9.17, 15) is 51.1 Å². The van der Waals surface area contributed by atoms with Crippen molar-refractivity contribution in [3.63, 3.8) is 0 Å². The van der Waals surface area contributed by atoms with Crippen LogP contribution in [0.2, 0.25) is 0 Å². The predicted octanol–water partition coefficient (Wildman–Crippen LogP) is 1.12. The van der Waals surface area contributed by atoms with Gasteiger partial charge in [-0.2, -0.15) is 0 Å². The molecule has 0 spiro atoms. The second-order valence-corrected chi connectivity index (χ2v) is 20.2. The Kier molecular flexibility index (Phi) is 12.7. The van der Waals surface area contributed by atoms with E-state index in [1.54, 1.807) is 13.8 Å². The number of fused-ring (bicyclic) bond motifs is 5. The van der Waals surface area contributed by atoms with Crippen LogP contribution >= 0.6 is 0 Å². The van der Waals surface area contributed by atoms with Gasteiger partial charge in [-0.15, -0.1) is 0 Å². The van der Waals surface area contributed by atoms with E-state index < -0.39 is 103 Å². The first kappa shape index (κ1) is 44.7. The molecule has 0 aromatic rings. The first-order chi connectivity index (χ1) is 26.0. The molecule has 324 valence electrons. The summed E-state index contributed by atoms with van der Waals surface area (Å²) in [5, 5.41) is 106. The van der Waals surface area contributed by atoms with Crippen molar-refractivity contribution in [3.8, 4) is 0 Å². The molecule has 6 rings (SSSR count). The van der Waals surface area contributed by atoms with E-state index in [1.807, 2.05) is 0 Å². The van der Waals surface area contributed by atoms with Crippen LogP contribution in [-0.4, -0.2) is 150 Å².